The number of benzene rings is 1. The molecule has 0 radical (unpaired) electrons. The van der Waals surface area contributed by atoms with Crippen LogP contribution in [0.25, 0.3) is 6.08 Å². The Morgan fingerprint density at radius 2 is 2.12 bits per heavy atom. The molecule has 1 aliphatic rings. The maximum Gasteiger partial charge on any atom is 0.329 e. The van der Waals surface area contributed by atoms with Crippen molar-refractivity contribution in [2.75, 3.05) is 13.7 Å². The SMILES string of the molecule is COc1cc([N+](=O)[O-])cc(/C=C2/NC(=O)N(CC(=O)O)C2=O)c1O. The second kappa shape index (κ2) is 6.24. The van der Waals surface area contributed by atoms with E-state index in [2.05, 4.69) is 5.32 Å². The number of hydrogen-bond acceptors (Lipinski definition) is 7. The number of methoxy groups -OCH3 is 1. The number of rotatable bonds is 5. The summed E-state index contributed by atoms with van der Waals surface area (Å²) in [6.07, 6.45) is 0.993. The number of non-ortho nitro benzene ring substituents is 1. The number of aromatic hydroxyl groups is 1. The molecule has 1 saturated heterocycles. The average molecular weight is 337 g/mol. The molecule has 3 amide bonds. The maximum atomic E-state index is 12.0. The molecule has 1 heterocycles. The largest absolute Gasteiger partial charge is 0.504 e. The van der Waals surface area contributed by atoms with Crippen LogP contribution in [0.1, 0.15) is 5.56 Å². The number of nitro groups is 1. The van der Waals surface area contributed by atoms with Gasteiger partial charge in [-0.15, -0.1) is 0 Å². The third-order valence-electron chi connectivity index (χ3n) is 3.08. The highest BCUT2D eigenvalue weighted by Crippen LogP contribution is 2.36. The Kier molecular flexibility index (Phi) is 4.35. The van der Waals surface area contributed by atoms with Gasteiger partial charge in [0, 0.05) is 11.6 Å². The Bertz CT molecular complexity index is 786. The lowest BCUT2D eigenvalue weighted by molar-refractivity contribution is -0.385. The standard InChI is InChI=1S/C13H11N3O8/c1-24-9-4-7(16(22)23)2-6(11(9)19)3-8-12(20)15(5-10(17)18)13(21)14-8/h2-4,19H,5H2,1H3,(H,14,21)(H,17,18)/b8-3+. The zero-order valence-electron chi connectivity index (χ0n) is 12.2. The molecule has 0 bridgehead atoms. The summed E-state index contributed by atoms with van der Waals surface area (Å²) in [5.41, 5.74) is -0.892. The van der Waals surface area contributed by atoms with Crippen LogP contribution < -0.4 is 10.1 Å². The highest BCUT2D eigenvalue weighted by atomic mass is 16.6. The van der Waals surface area contributed by atoms with Gasteiger partial charge in [0.2, 0.25) is 0 Å². The van der Waals surface area contributed by atoms with Gasteiger partial charge < -0.3 is 20.3 Å². The zero-order chi connectivity index (χ0) is 18.0. The predicted octanol–water partition coefficient (Wildman–Crippen LogP) is 0.286. The topological polar surface area (TPSA) is 159 Å². The summed E-state index contributed by atoms with van der Waals surface area (Å²) in [6, 6.07) is 1.01. The van der Waals surface area contributed by atoms with Gasteiger partial charge in [0.1, 0.15) is 12.2 Å². The summed E-state index contributed by atoms with van der Waals surface area (Å²) in [6.45, 7) is -0.841. The lowest BCUT2D eigenvalue weighted by Crippen LogP contribution is -2.35. The van der Waals surface area contributed by atoms with Crippen molar-refractivity contribution in [3.8, 4) is 11.5 Å². The molecule has 2 rings (SSSR count). The molecular weight excluding hydrogens is 326 g/mol. The minimum Gasteiger partial charge on any atom is -0.504 e. The zero-order valence-corrected chi connectivity index (χ0v) is 12.2. The van der Waals surface area contributed by atoms with E-state index < -0.39 is 40.8 Å². The van der Waals surface area contributed by atoms with E-state index in [4.69, 9.17) is 9.84 Å². The van der Waals surface area contributed by atoms with Crippen LogP contribution in [0.5, 0.6) is 11.5 Å². The monoisotopic (exact) mass is 337 g/mol. The molecule has 0 aliphatic carbocycles. The number of carbonyl (C=O) groups is 3. The minimum absolute atomic E-state index is 0.151. The van der Waals surface area contributed by atoms with Crippen LogP contribution in [0.4, 0.5) is 10.5 Å². The number of carboxylic acids is 1. The van der Waals surface area contributed by atoms with Crippen molar-refractivity contribution in [1.29, 1.82) is 0 Å². The molecule has 3 N–H and O–H groups in total. The Morgan fingerprint density at radius 3 is 2.67 bits per heavy atom. The number of nitrogens with zero attached hydrogens (tertiary/aromatic N) is 2. The van der Waals surface area contributed by atoms with Crippen molar-refractivity contribution >= 4 is 29.7 Å². The molecule has 0 atom stereocenters. The van der Waals surface area contributed by atoms with Crippen molar-refractivity contribution in [1.82, 2.24) is 10.2 Å². The van der Waals surface area contributed by atoms with Crippen LogP contribution in [0.3, 0.4) is 0 Å². The molecule has 1 aromatic carbocycles. The molecule has 0 spiro atoms. The number of urea groups is 1. The molecular formula is C13H11N3O8. The van der Waals surface area contributed by atoms with Gasteiger partial charge in [-0.2, -0.15) is 0 Å². The first-order valence-corrected chi connectivity index (χ1v) is 6.36. The number of carbonyl (C=O) groups excluding carboxylic acids is 2. The van der Waals surface area contributed by atoms with Crippen LogP contribution >= 0.6 is 0 Å². The van der Waals surface area contributed by atoms with Crippen molar-refractivity contribution in [3.05, 3.63) is 33.5 Å². The third-order valence-corrected chi connectivity index (χ3v) is 3.08. The van der Waals surface area contributed by atoms with Gasteiger partial charge in [0.05, 0.1) is 18.1 Å². The summed E-state index contributed by atoms with van der Waals surface area (Å²) < 4.78 is 4.82. The molecule has 0 unspecified atom stereocenters. The van der Waals surface area contributed by atoms with Gasteiger partial charge >= 0.3 is 12.0 Å². The number of ether oxygens (including phenoxy) is 1. The second-order valence-corrected chi connectivity index (χ2v) is 4.62. The highest BCUT2D eigenvalue weighted by molar-refractivity contribution is 6.15. The minimum atomic E-state index is -1.39. The summed E-state index contributed by atoms with van der Waals surface area (Å²) in [7, 11) is 1.19. The fourth-order valence-electron chi connectivity index (χ4n) is 1.99. The molecule has 24 heavy (non-hydrogen) atoms. The van der Waals surface area contributed by atoms with Crippen molar-refractivity contribution in [2.24, 2.45) is 0 Å². The molecule has 11 nitrogen and oxygen atoms in total. The number of carboxylic acid groups (broad SMARTS) is 1. The van der Waals surface area contributed by atoms with E-state index in [1.807, 2.05) is 0 Å². The molecule has 1 fully saturated rings. The number of hydrogen-bond donors (Lipinski definition) is 3. The van der Waals surface area contributed by atoms with Crippen molar-refractivity contribution < 1.29 is 34.3 Å². The van der Waals surface area contributed by atoms with E-state index in [-0.39, 0.29) is 17.0 Å². The fourth-order valence-corrected chi connectivity index (χ4v) is 1.99. The number of imide groups is 1. The normalized spacial score (nSPS) is 15.5. The van der Waals surface area contributed by atoms with Gasteiger partial charge in [-0.1, -0.05) is 0 Å². The summed E-state index contributed by atoms with van der Waals surface area (Å²) in [5, 5.41) is 31.7. The first-order chi connectivity index (χ1) is 11.2. The Hall–Kier alpha value is -3.63. The van der Waals surface area contributed by atoms with E-state index >= 15 is 0 Å². The van der Waals surface area contributed by atoms with Crippen LogP contribution in [-0.2, 0) is 9.59 Å². The second-order valence-electron chi connectivity index (χ2n) is 4.62. The van der Waals surface area contributed by atoms with Gasteiger partial charge in [-0.25, -0.2) is 9.69 Å². The van der Waals surface area contributed by atoms with E-state index in [0.717, 1.165) is 18.2 Å². The number of nitrogens with one attached hydrogen (secondary N) is 1. The Labute approximate surface area is 133 Å². The van der Waals surface area contributed by atoms with E-state index in [9.17, 15) is 29.6 Å². The molecule has 1 aliphatic heterocycles. The van der Waals surface area contributed by atoms with E-state index in [0.29, 0.717) is 4.90 Å². The Balaban J connectivity index is 2.46. The number of aliphatic carboxylic acids is 1. The van der Waals surface area contributed by atoms with Crippen LogP contribution in [-0.4, -0.2) is 51.6 Å². The Morgan fingerprint density at radius 1 is 1.46 bits per heavy atom. The van der Waals surface area contributed by atoms with Crippen molar-refractivity contribution in [3.63, 3.8) is 0 Å². The number of phenolic OH excluding ortho intramolecular Hbond substituents is 1. The lowest BCUT2D eigenvalue weighted by atomic mass is 10.1. The van der Waals surface area contributed by atoms with Gasteiger partial charge in [0.15, 0.2) is 11.5 Å². The number of nitro benzene ring substituents is 1. The summed E-state index contributed by atoms with van der Waals surface area (Å²) in [4.78, 5) is 44.9. The predicted molar refractivity (Wildman–Crippen MR) is 77.2 cm³/mol. The molecule has 11 heteroatoms. The molecule has 126 valence electrons. The van der Waals surface area contributed by atoms with Crippen LogP contribution in [0.15, 0.2) is 17.8 Å². The van der Waals surface area contributed by atoms with E-state index in [1.54, 1.807) is 0 Å². The maximum absolute atomic E-state index is 12.0. The van der Waals surface area contributed by atoms with Gasteiger partial charge in [-0.05, 0) is 6.08 Å². The number of phenols is 1. The quantitative estimate of drug-likeness (QED) is 0.299. The first-order valence-electron chi connectivity index (χ1n) is 6.36. The highest BCUT2D eigenvalue weighted by Gasteiger charge is 2.35. The van der Waals surface area contributed by atoms with E-state index in [1.165, 1.54) is 7.11 Å². The van der Waals surface area contributed by atoms with Crippen LogP contribution in [0, 0.1) is 10.1 Å². The summed E-state index contributed by atoms with van der Waals surface area (Å²) >= 11 is 0. The first kappa shape index (κ1) is 16.7. The smallest absolute Gasteiger partial charge is 0.329 e. The number of amides is 3. The lowest BCUT2D eigenvalue weighted by Gasteiger charge is -2.07. The summed E-state index contributed by atoms with van der Waals surface area (Å²) in [5.74, 6) is -3.00. The molecule has 0 saturated carbocycles. The molecule has 1 aromatic rings. The molecule has 0 aromatic heterocycles. The third kappa shape index (κ3) is 3.09. The van der Waals surface area contributed by atoms with Crippen molar-refractivity contribution in [2.45, 2.75) is 0 Å². The van der Waals surface area contributed by atoms with Gasteiger partial charge in [-0.3, -0.25) is 19.7 Å². The van der Waals surface area contributed by atoms with Gasteiger partial charge in [0.25, 0.3) is 11.6 Å². The fraction of sp³-hybridized carbons (Fsp3) is 0.154. The van der Waals surface area contributed by atoms with Crippen LogP contribution in [0.2, 0.25) is 0 Å². The average Bonchev–Trinajstić information content (AvgIpc) is 2.76.